The van der Waals surface area contributed by atoms with Crippen molar-refractivity contribution in [2.75, 3.05) is 31.5 Å². The molecule has 0 aromatic heterocycles. The monoisotopic (exact) mass is 280 g/mol. The lowest BCUT2D eigenvalue weighted by atomic mass is 10.2. The number of hydrogen-bond donors (Lipinski definition) is 2. The van der Waals surface area contributed by atoms with E-state index in [1.54, 1.807) is 0 Å². The van der Waals surface area contributed by atoms with Crippen LogP contribution in [0.2, 0.25) is 0 Å². The average Bonchev–Trinajstić information content (AvgIpc) is 2.43. The number of anilines is 1. The molecule has 1 atom stereocenters. The minimum Gasteiger partial charge on any atom is -0.491 e. The van der Waals surface area contributed by atoms with Crippen molar-refractivity contribution in [2.45, 2.75) is 39.9 Å². The highest BCUT2D eigenvalue weighted by atomic mass is 16.5. The van der Waals surface area contributed by atoms with Crippen molar-refractivity contribution in [1.82, 2.24) is 4.90 Å². The number of hydrogen-bond acceptors (Lipinski definition) is 4. The van der Waals surface area contributed by atoms with Gasteiger partial charge in [-0.25, -0.2) is 0 Å². The van der Waals surface area contributed by atoms with Gasteiger partial charge in [0.15, 0.2) is 0 Å². The molecule has 0 heterocycles. The van der Waals surface area contributed by atoms with E-state index in [2.05, 4.69) is 24.1 Å². The molecule has 0 aliphatic rings. The Kier molecular flexibility index (Phi) is 7.41. The number of nitrogens with zero attached hydrogens (tertiary/aromatic N) is 1. The largest absolute Gasteiger partial charge is 0.491 e. The van der Waals surface area contributed by atoms with E-state index in [0.29, 0.717) is 13.1 Å². The van der Waals surface area contributed by atoms with Crippen molar-refractivity contribution in [3.05, 3.63) is 24.3 Å². The first-order valence-electron chi connectivity index (χ1n) is 7.46. The van der Waals surface area contributed by atoms with Crippen molar-refractivity contribution in [1.29, 1.82) is 0 Å². The Morgan fingerprint density at radius 3 is 2.25 bits per heavy atom. The summed E-state index contributed by atoms with van der Waals surface area (Å²) in [7, 11) is 0. The Hall–Kier alpha value is -1.26. The molecule has 0 aliphatic heterocycles. The number of benzene rings is 1. The Morgan fingerprint density at radius 2 is 1.75 bits per heavy atom. The Bertz CT molecular complexity index is 361. The summed E-state index contributed by atoms with van der Waals surface area (Å²) in [5, 5.41) is 13.2. The van der Waals surface area contributed by atoms with Gasteiger partial charge in [-0.2, -0.15) is 0 Å². The Morgan fingerprint density at radius 1 is 1.15 bits per heavy atom. The zero-order valence-corrected chi connectivity index (χ0v) is 13.1. The van der Waals surface area contributed by atoms with Gasteiger partial charge in [0.1, 0.15) is 5.75 Å². The molecule has 0 fully saturated rings. The second-order valence-corrected chi connectivity index (χ2v) is 5.21. The van der Waals surface area contributed by atoms with Gasteiger partial charge in [0.25, 0.3) is 0 Å². The van der Waals surface area contributed by atoms with Crippen molar-refractivity contribution in [3.8, 4) is 5.75 Å². The fourth-order valence-electron chi connectivity index (χ4n) is 2.00. The van der Waals surface area contributed by atoms with Crippen molar-refractivity contribution < 1.29 is 9.84 Å². The van der Waals surface area contributed by atoms with E-state index in [4.69, 9.17) is 4.74 Å². The molecule has 0 radical (unpaired) electrons. The summed E-state index contributed by atoms with van der Waals surface area (Å²) in [5.41, 5.74) is 1.000. The lowest BCUT2D eigenvalue weighted by Crippen LogP contribution is -2.35. The summed E-state index contributed by atoms with van der Waals surface area (Å²) in [6.07, 6.45) is -0.175. The molecular weight excluding hydrogens is 252 g/mol. The maximum Gasteiger partial charge on any atom is 0.119 e. The molecule has 0 saturated carbocycles. The van der Waals surface area contributed by atoms with Gasteiger partial charge < -0.3 is 20.1 Å². The molecule has 0 saturated heterocycles. The van der Waals surface area contributed by atoms with Crippen LogP contribution < -0.4 is 10.1 Å². The molecule has 20 heavy (non-hydrogen) atoms. The van der Waals surface area contributed by atoms with E-state index in [0.717, 1.165) is 24.5 Å². The normalized spacial score (nSPS) is 12.8. The SMILES string of the molecule is CCN(CC)CC(O)CNc1ccc(OC(C)C)cc1. The van der Waals surface area contributed by atoms with Crippen molar-refractivity contribution in [2.24, 2.45) is 0 Å². The number of aliphatic hydroxyl groups excluding tert-OH is 1. The summed E-state index contributed by atoms with van der Waals surface area (Å²) in [6, 6.07) is 7.84. The van der Waals surface area contributed by atoms with Gasteiger partial charge in [-0.1, -0.05) is 13.8 Å². The Balaban J connectivity index is 2.37. The number of likely N-dealkylation sites (N-methyl/N-ethyl adjacent to an activating group) is 1. The van der Waals surface area contributed by atoms with Gasteiger partial charge in [-0.05, 0) is 51.2 Å². The first-order chi connectivity index (χ1) is 9.55. The summed E-state index contributed by atoms with van der Waals surface area (Å²) in [4.78, 5) is 2.21. The predicted octanol–water partition coefficient (Wildman–Crippen LogP) is 2.59. The topological polar surface area (TPSA) is 44.7 Å². The molecule has 0 aliphatic carbocycles. The highest BCUT2D eigenvalue weighted by molar-refractivity contribution is 5.46. The van der Waals surface area contributed by atoms with Crippen LogP contribution in [0.25, 0.3) is 0 Å². The highest BCUT2D eigenvalue weighted by Gasteiger charge is 2.08. The maximum atomic E-state index is 9.99. The second kappa shape index (κ2) is 8.82. The molecule has 1 aromatic rings. The molecule has 114 valence electrons. The van der Waals surface area contributed by atoms with Gasteiger partial charge in [-0.15, -0.1) is 0 Å². The molecule has 0 bridgehead atoms. The van der Waals surface area contributed by atoms with Crippen LogP contribution in [-0.4, -0.2) is 48.4 Å². The third-order valence-corrected chi connectivity index (χ3v) is 3.13. The molecule has 1 unspecified atom stereocenters. The standard InChI is InChI=1S/C16H28N2O2/c1-5-18(6-2)12-15(19)11-17-14-7-9-16(10-8-14)20-13(3)4/h7-10,13,15,17,19H,5-6,11-12H2,1-4H3. The molecule has 0 amide bonds. The van der Waals surface area contributed by atoms with Gasteiger partial charge in [-0.3, -0.25) is 0 Å². The summed E-state index contributed by atoms with van der Waals surface area (Å²) >= 11 is 0. The summed E-state index contributed by atoms with van der Waals surface area (Å²) < 4.78 is 5.59. The van der Waals surface area contributed by atoms with Crippen LogP contribution in [0.5, 0.6) is 5.75 Å². The van der Waals surface area contributed by atoms with E-state index in [1.165, 1.54) is 0 Å². The molecule has 4 heteroatoms. The summed E-state index contributed by atoms with van der Waals surface area (Å²) in [5.74, 6) is 0.870. The quantitative estimate of drug-likeness (QED) is 0.730. The van der Waals surface area contributed by atoms with Crippen LogP contribution in [0, 0.1) is 0 Å². The maximum absolute atomic E-state index is 9.99. The fourth-order valence-corrected chi connectivity index (χ4v) is 2.00. The number of ether oxygens (including phenoxy) is 1. The van der Waals surface area contributed by atoms with E-state index >= 15 is 0 Å². The summed E-state index contributed by atoms with van der Waals surface area (Å²) in [6.45, 7) is 11.4. The number of aliphatic hydroxyl groups is 1. The van der Waals surface area contributed by atoms with Crippen LogP contribution >= 0.6 is 0 Å². The fraction of sp³-hybridized carbons (Fsp3) is 0.625. The van der Waals surface area contributed by atoms with Gasteiger partial charge >= 0.3 is 0 Å². The van der Waals surface area contributed by atoms with E-state index < -0.39 is 0 Å². The zero-order chi connectivity index (χ0) is 15.0. The van der Waals surface area contributed by atoms with Crippen molar-refractivity contribution in [3.63, 3.8) is 0 Å². The van der Waals surface area contributed by atoms with Crippen LogP contribution in [0.15, 0.2) is 24.3 Å². The molecule has 0 spiro atoms. The third-order valence-electron chi connectivity index (χ3n) is 3.13. The number of rotatable bonds is 9. The smallest absolute Gasteiger partial charge is 0.119 e. The molecule has 1 rings (SSSR count). The van der Waals surface area contributed by atoms with E-state index in [1.807, 2.05) is 38.1 Å². The minimum atomic E-state index is -0.360. The number of nitrogens with one attached hydrogen (secondary N) is 1. The lowest BCUT2D eigenvalue weighted by Gasteiger charge is -2.22. The van der Waals surface area contributed by atoms with Crippen LogP contribution in [0.1, 0.15) is 27.7 Å². The first kappa shape index (κ1) is 16.8. The highest BCUT2D eigenvalue weighted by Crippen LogP contribution is 2.16. The van der Waals surface area contributed by atoms with Crippen LogP contribution in [0.4, 0.5) is 5.69 Å². The molecule has 2 N–H and O–H groups in total. The van der Waals surface area contributed by atoms with Crippen LogP contribution in [-0.2, 0) is 0 Å². The second-order valence-electron chi connectivity index (χ2n) is 5.21. The molecule has 4 nitrogen and oxygen atoms in total. The van der Waals surface area contributed by atoms with Crippen LogP contribution in [0.3, 0.4) is 0 Å². The predicted molar refractivity (Wildman–Crippen MR) is 84.5 cm³/mol. The lowest BCUT2D eigenvalue weighted by molar-refractivity contribution is 0.128. The Labute approximate surface area is 122 Å². The minimum absolute atomic E-state index is 0.185. The average molecular weight is 280 g/mol. The zero-order valence-electron chi connectivity index (χ0n) is 13.1. The van der Waals surface area contributed by atoms with E-state index in [-0.39, 0.29) is 12.2 Å². The third kappa shape index (κ3) is 6.26. The van der Waals surface area contributed by atoms with Gasteiger partial charge in [0.2, 0.25) is 0 Å². The first-order valence-corrected chi connectivity index (χ1v) is 7.46. The van der Waals surface area contributed by atoms with E-state index in [9.17, 15) is 5.11 Å². The van der Waals surface area contributed by atoms with Gasteiger partial charge in [0, 0.05) is 18.8 Å². The molecular formula is C16H28N2O2. The van der Waals surface area contributed by atoms with Gasteiger partial charge in [0.05, 0.1) is 12.2 Å². The molecule has 1 aromatic carbocycles. The van der Waals surface area contributed by atoms with Crippen molar-refractivity contribution >= 4 is 5.69 Å².